The zero-order chi connectivity index (χ0) is 33.7. The number of ketones is 2. The van der Waals surface area contributed by atoms with Crippen LogP contribution in [0.5, 0.6) is 0 Å². The molecule has 47 heavy (non-hydrogen) atoms. The minimum absolute atomic E-state index is 0.0227. The van der Waals surface area contributed by atoms with E-state index in [9.17, 15) is 39.0 Å². The summed E-state index contributed by atoms with van der Waals surface area (Å²) in [5.74, 6) is -3.81. The van der Waals surface area contributed by atoms with Gasteiger partial charge in [-0.3, -0.25) is 28.8 Å². The average Bonchev–Trinajstić information content (AvgIpc) is 3.65. The number of likely N-dealkylation sites (N-methyl/N-ethyl adjacent to an activating group) is 1. The SMILES string of the molecule is CN(CC1CCCCC1Cl)C(=O)C(CC1=CNC2CCCCC12)NC(=O)C1C[C@@H](O)CN1C(=O)C12CCC(C(=O)O)(CC1=O)C(=O)C2. The lowest BCUT2D eigenvalue weighted by atomic mass is 9.52. The molecule has 13 heteroatoms. The van der Waals surface area contributed by atoms with Gasteiger partial charge < -0.3 is 30.6 Å². The summed E-state index contributed by atoms with van der Waals surface area (Å²) < 4.78 is 0. The molecule has 5 aliphatic carbocycles. The molecule has 0 radical (unpaired) electrons. The van der Waals surface area contributed by atoms with Gasteiger partial charge in [0.05, 0.1) is 6.10 Å². The van der Waals surface area contributed by atoms with Gasteiger partial charge in [-0.15, -0.1) is 11.6 Å². The lowest BCUT2D eigenvalue weighted by Gasteiger charge is -2.48. The Kier molecular flexibility index (Phi) is 9.47. The lowest BCUT2D eigenvalue weighted by Crippen LogP contribution is -2.64. The highest BCUT2D eigenvalue weighted by atomic mass is 35.5. The Bertz CT molecular complexity index is 1370. The maximum absolute atomic E-state index is 14.1. The van der Waals surface area contributed by atoms with Crippen LogP contribution in [0.15, 0.2) is 11.8 Å². The molecular weight excluding hydrogens is 628 g/mol. The van der Waals surface area contributed by atoms with E-state index in [2.05, 4.69) is 10.6 Å². The fourth-order valence-corrected chi connectivity index (χ4v) is 9.58. The topological polar surface area (TPSA) is 173 Å². The summed E-state index contributed by atoms with van der Waals surface area (Å²) >= 11 is 6.63. The molecule has 2 bridgehead atoms. The van der Waals surface area contributed by atoms with Gasteiger partial charge in [-0.1, -0.05) is 25.7 Å². The number of nitrogens with one attached hydrogen (secondary N) is 2. The number of carbonyl (C=O) groups excluding carboxylic acids is 5. The summed E-state index contributed by atoms with van der Waals surface area (Å²) in [6.07, 6.45) is 8.03. The van der Waals surface area contributed by atoms with Crippen molar-refractivity contribution < 1.29 is 39.0 Å². The molecule has 0 aromatic rings. The molecule has 0 spiro atoms. The Labute approximate surface area is 280 Å². The predicted molar refractivity (Wildman–Crippen MR) is 170 cm³/mol. The smallest absolute Gasteiger partial charge is 0.317 e. The summed E-state index contributed by atoms with van der Waals surface area (Å²) in [5.41, 5.74) is -2.48. The number of alkyl halides is 1. The summed E-state index contributed by atoms with van der Waals surface area (Å²) in [6, 6.07) is -1.77. The molecule has 9 atom stereocenters. The number of Topliss-reactive ketones (excluding diaryl/α,β-unsaturated/α-hetero) is 2. The van der Waals surface area contributed by atoms with Gasteiger partial charge in [0.2, 0.25) is 17.7 Å². The van der Waals surface area contributed by atoms with Gasteiger partial charge in [0.25, 0.3) is 0 Å². The van der Waals surface area contributed by atoms with Gasteiger partial charge in [-0.05, 0) is 62.6 Å². The number of rotatable bonds is 9. The van der Waals surface area contributed by atoms with Crippen LogP contribution in [0, 0.1) is 22.7 Å². The van der Waals surface area contributed by atoms with Crippen LogP contribution in [0.4, 0.5) is 0 Å². The van der Waals surface area contributed by atoms with E-state index < -0.39 is 71.2 Å². The van der Waals surface area contributed by atoms with Crippen LogP contribution in [0.3, 0.4) is 0 Å². The van der Waals surface area contributed by atoms with Crippen molar-refractivity contribution in [2.75, 3.05) is 20.1 Å². The van der Waals surface area contributed by atoms with E-state index in [0.717, 1.165) is 56.9 Å². The molecule has 12 nitrogen and oxygen atoms in total. The van der Waals surface area contributed by atoms with Gasteiger partial charge in [0, 0.05) is 56.7 Å². The zero-order valence-electron chi connectivity index (χ0n) is 27.0. The molecule has 7 rings (SSSR count). The van der Waals surface area contributed by atoms with Gasteiger partial charge in [0.15, 0.2) is 5.78 Å². The van der Waals surface area contributed by atoms with Crippen LogP contribution in [-0.2, 0) is 28.8 Å². The van der Waals surface area contributed by atoms with Crippen molar-refractivity contribution in [1.29, 1.82) is 0 Å². The number of carboxylic acid groups (broad SMARTS) is 1. The number of fused-ring (bicyclic) bond motifs is 4. The highest BCUT2D eigenvalue weighted by Gasteiger charge is 2.67. The molecule has 7 aliphatic rings. The fraction of sp³-hybridized carbons (Fsp3) is 0.765. The molecule has 5 saturated carbocycles. The minimum Gasteiger partial charge on any atom is -0.480 e. The van der Waals surface area contributed by atoms with Crippen LogP contribution in [-0.4, -0.2) is 105 Å². The van der Waals surface area contributed by atoms with Crippen molar-refractivity contribution in [3.05, 3.63) is 11.8 Å². The third-order valence-corrected chi connectivity index (χ3v) is 12.7. The Balaban J connectivity index is 1.21. The largest absolute Gasteiger partial charge is 0.480 e. The van der Waals surface area contributed by atoms with Crippen molar-refractivity contribution in [3.8, 4) is 0 Å². The number of halogens is 1. The Morgan fingerprint density at radius 1 is 1.04 bits per heavy atom. The van der Waals surface area contributed by atoms with Crippen molar-refractivity contribution in [3.63, 3.8) is 0 Å². The second-order valence-corrected chi connectivity index (χ2v) is 15.5. The molecule has 3 amide bonds. The number of aliphatic carboxylic acids is 1. The number of likely N-dealkylation sites (tertiary alicyclic amines) is 1. The van der Waals surface area contributed by atoms with E-state index >= 15 is 0 Å². The Morgan fingerprint density at radius 2 is 1.70 bits per heavy atom. The second-order valence-electron chi connectivity index (χ2n) is 15.0. The number of carboxylic acids is 1. The molecule has 0 aromatic heterocycles. The van der Waals surface area contributed by atoms with E-state index in [1.54, 1.807) is 11.9 Å². The van der Waals surface area contributed by atoms with Crippen LogP contribution < -0.4 is 10.6 Å². The Morgan fingerprint density at radius 3 is 2.40 bits per heavy atom. The van der Waals surface area contributed by atoms with Crippen molar-refractivity contribution in [1.82, 2.24) is 20.4 Å². The molecule has 258 valence electrons. The predicted octanol–water partition coefficient (Wildman–Crippen LogP) is 1.91. The van der Waals surface area contributed by atoms with Crippen molar-refractivity contribution >= 4 is 46.9 Å². The van der Waals surface area contributed by atoms with Gasteiger partial charge in [-0.2, -0.15) is 0 Å². The minimum atomic E-state index is -1.80. The number of aliphatic hydroxyl groups is 1. The number of hydrogen-bond acceptors (Lipinski definition) is 8. The van der Waals surface area contributed by atoms with E-state index in [1.165, 1.54) is 4.90 Å². The average molecular weight is 675 g/mol. The molecule has 4 N–H and O–H groups in total. The summed E-state index contributed by atoms with van der Waals surface area (Å²) in [5, 5.41) is 26.7. The van der Waals surface area contributed by atoms with E-state index in [4.69, 9.17) is 11.6 Å². The van der Waals surface area contributed by atoms with Crippen molar-refractivity contribution in [2.45, 2.75) is 119 Å². The third-order valence-electron chi connectivity index (χ3n) is 12.1. The highest BCUT2D eigenvalue weighted by Crippen LogP contribution is 2.54. The van der Waals surface area contributed by atoms with Gasteiger partial charge in [-0.25, -0.2) is 0 Å². The van der Waals surface area contributed by atoms with Gasteiger partial charge in [0.1, 0.15) is 28.7 Å². The number of hydrogen-bond donors (Lipinski definition) is 4. The number of β-amino-alcohol motifs (C(OH)–C–C–N with tert-alkyl or cyclic N) is 1. The van der Waals surface area contributed by atoms with E-state index in [1.807, 2.05) is 6.20 Å². The van der Waals surface area contributed by atoms with Crippen LogP contribution >= 0.6 is 11.6 Å². The van der Waals surface area contributed by atoms with Crippen LogP contribution in [0.25, 0.3) is 0 Å². The summed E-state index contributed by atoms with van der Waals surface area (Å²) in [4.78, 5) is 83.3. The maximum Gasteiger partial charge on any atom is 0.317 e. The standard InChI is InChI=1S/C34H47ClN4O8/c1-38(17-19-6-2-4-8-23(19)35)30(44)25(12-20-16-36-24-9-5-3-7-22(20)24)37-29(43)26-13-21(40)18-39(26)31(45)33-10-11-34(32(46)47,15-27(33)41)28(42)14-33/h16,19,21-26,36,40H,2-15,17-18H2,1H3,(H,37,43)(H,46,47)/t19?,21-,22?,23?,24?,25?,26?,33?,34?/m1/s1. The first kappa shape index (κ1) is 33.9. The summed E-state index contributed by atoms with van der Waals surface area (Å²) in [7, 11) is 1.73. The third kappa shape index (κ3) is 6.09. The fourth-order valence-electron chi connectivity index (χ4n) is 9.22. The molecule has 2 aliphatic heterocycles. The lowest BCUT2D eigenvalue weighted by molar-refractivity contribution is -0.178. The van der Waals surface area contributed by atoms with Crippen LogP contribution in [0.2, 0.25) is 0 Å². The van der Waals surface area contributed by atoms with Crippen molar-refractivity contribution in [2.24, 2.45) is 22.7 Å². The number of nitrogens with zero attached hydrogens (tertiary/aromatic N) is 2. The summed E-state index contributed by atoms with van der Waals surface area (Å²) in [6.45, 7) is 0.256. The number of aliphatic hydroxyl groups excluding tert-OH is 1. The first-order chi connectivity index (χ1) is 22.4. The normalized spacial score (nSPS) is 37.1. The maximum atomic E-state index is 14.1. The molecule has 2 heterocycles. The molecule has 1 saturated heterocycles. The highest BCUT2D eigenvalue weighted by molar-refractivity contribution is 6.21. The zero-order valence-corrected chi connectivity index (χ0v) is 27.8. The first-order valence-corrected chi connectivity index (χ1v) is 17.7. The van der Waals surface area contributed by atoms with E-state index in [-0.39, 0.29) is 48.9 Å². The molecule has 8 unspecified atom stereocenters. The van der Waals surface area contributed by atoms with Crippen LogP contribution in [0.1, 0.15) is 89.9 Å². The molecule has 0 aromatic carbocycles. The quantitative estimate of drug-likeness (QED) is 0.210. The first-order valence-electron chi connectivity index (χ1n) is 17.3. The number of carbonyl (C=O) groups is 6. The molecular formula is C34H47ClN4O8. The van der Waals surface area contributed by atoms with Gasteiger partial charge >= 0.3 is 5.97 Å². The van der Waals surface area contributed by atoms with E-state index in [0.29, 0.717) is 19.0 Å². The number of amides is 3. The monoisotopic (exact) mass is 674 g/mol. The second kappa shape index (κ2) is 13.1. The Hall–Kier alpha value is -2.99. The molecule has 6 fully saturated rings.